The average Bonchev–Trinajstić information content (AvgIpc) is 3.42. The Kier molecular flexibility index (Phi) is 4.94. The monoisotopic (exact) mass is 428 g/mol. The van der Waals surface area contributed by atoms with Crippen LogP contribution in [0, 0.1) is 0 Å². The first-order valence-electron chi connectivity index (χ1n) is 9.89. The third-order valence-corrected chi connectivity index (χ3v) is 4.90. The Morgan fingerprint density at radius 3 is 2.56 bits per heavy atom. The zero-order valence-corrected chi connectivity index (χ0v) is 17.8. The first-order chi connectivity index (χ1) is 15.6. The summed E-state index contributed by atoms with van der Waals surface area (Å²) in [6, 6.07) is 11.8. The van der Waals surface area contributed by atoms with E-state index >= 15 is 0 Å². The molecule has 1 aromatic carbocycles. The van der Waals surface area contributed by atoms with E-state index in [1.165, 1.54) is 6.33 Å². The molecule has 0 saturated carbocycles. The number of aromatic nitrogens is 8. The molecular weight excluding hydrogens is 408 g/mol. The van der Waals surface area contributed by atoms with Gasteiger partial charge in [-0.1, -0.05) is 35.5 Å². The second-order valence-corrected chi connectivity index (χ2v) is 7.19. The topological polar surface area (TPSA) is 106 Å². The van der Waals surface area contributed by atoms with Crippen LogP contribution < -0.4 is 9.47 Å². The first kappa shape index (κ1) is 19.6. The molecule has 0 aliphatic rings. The van der Waals surface area contributed by atoms with Crippen molar-refractivity contribution in [2.75, 3.05) is 7.11 Å². The minimum Gasteiger partial charge on any atom is -0.491 e. The quantitative estimate of drug-likeness (QED) is 0.406. The lowest BCUT2D eigenvalue weighted by Crippen LogP contribution is -2.02. The van der Waals surface area contributed by atoms with Crippen molar-refractivity contribution in [2.24, 2.45) is 14.1 Å². The number of methoxy groups -OCH3 is 1. The maximum atomic E-state index is 5.92. The minimum atomic E-state index is 0.202. The van der Waals surface area contributed by atoms with E-state index in [9.17, 15) is 0 Å². The van der Waals surface area contributed by atoms with E-state index in [-0.39, 0.29) is 6.61 Å². The van der Waals surface area contributed by atoms with Crippen LogP contribution >= 0.6 is 0 Å². The molecule has 160 valence electrons. The summed E-state index contributed by atoms with van der Waals surface area (Å²) in [5.41, 5.74) is 5.22. The van der Waals surface area contributed by atoms with Crippen LogP contribution in [0.25, 0.3) is 33.5 Å². The molecule has 0 spiro atoms. The van der Waals surface area contributed by atoms with E-state index in [1.54, 1.807) is 35.8 Å². The molecule has 0 aliphatic carbocycles. The van der Waals surface area contributed by atoms with Gasteiger partial charge in [0.25, 0.3) is 5.88 Å². The standard InChI is InChI=1S/C22H20N8O2/c1-29-11-16(19(27-29)14-7-5-4-6-8-14)20-21-17(23-13-24-20)9-18(31-3)22(25-21)32-12-15-10-30(2)28-26-15/h4-11,13H,12H2,1-3H3. The van der Waals surface area contributed by atoms with Gasteiger partial charge < -0.3 is 9.47 Å². The fourth-order valence-electron chi connectivity index (χ4n) is 3.47. The average molecular weight is 428 g/mol. The Morgan fingerprint density at radius 2 is 1.81 bits per heavy atom. The molecule has 4 heterocycles. The molecule has 0 atom stereocenters. The smallest absolute Gasteiger partial charge is 0.258 e. The molecule has 4 aromatic heterocycles. The zero-order valence-electron chi connectivity index (χ0n) is 17.8. The van der Waals surface area contributed by atoms with Crippen molar-refractivity contribution < 1.29 is 9.47 Å². The minimum absolute atomic E-state index is 0.202. The van der Waals surface area contributed by atoms with E-state index in [0.29, 0.717) is 34.1 Å². The van der Waals surface area contributed by atoms with Crippen LogP contribution in [0.4, 0.5) is 0 Å². The summed E-state index contributed by atoms with van der Waals surface area (Å²) in [6.07, 6.45) is 5.22. The van der Waals surface area contributed by atoms with Gasteiger partial charge in [0.15, 0.2) is 5.75 Å². The van der Waals surface area contributed by atoms with Gasteiger partial charge in [0.1, 0.15) is 35.5 Å². The summed E-state index contributed by atoms with van der Waals surface area (Å²) >= 11 is 0. The van der Waals surface area contributed by atoms with E-state index in [4.69, 9.17) is 14.5 Å². The number of ether oxygens (including phenoxy) is 2. The van der Waals surface area contributed by atoms with Crippen molar-refractivity contribution >= 4 is 11.0 Å². The molecule has 10 nitrogen and oxygen atoms in total. The number of aryl methyl sites for hydroxylation is 2. The number of fused-ring (bicyclic) bond motifs is 1. The molecule has 10 heteroatoms. The predicted molar refractivity (Wildman–Crippen MR) is 117 cm³/mol. The summed E-state index contributed by atoms with van der Waals surface area (Å²) in [7, 11) is 5.24. The van der Waals surface area contributed by atoms with Gasteiger partial charge in [-0.3, -0.25) is 9.36 Å². The highest BCUT2D eigenvalue weighted by Crippen LogP contribution is 2.36. The van der Waals surface area contributed by atoms with Crippen LogP contribution in [0.5, 0.6) is 11.6 Å². The molecule has 0 saturated heterocycles. The number of benzene rings is 1. The van der Waals surface area contributed by atoms with Crippen molar-refractivity contribution in [2.45, 2.75) is 6.61 Å². The molecule has 32 heavy (non-hydrogen) atoms. The van der Waals surface area contributed by atoms with Crippen molar-refractivity contribution in [3.8, 4) is 34.1 Å². The predicted octanol–water partition coefficient (Wildman–Crippen LogP) is 2.81. The summed E-state index contributed by atoms with van der Waals surface area (Å²) < 4.78 is 14.8. The van der Waals surface area contributed by atoms with Gasteiger partial charge in [-0.05, 0) is 0 Å². The van der Waals surface area contributed by atoms with Crippen molar-refractivity contribution in [1.29, 1.82) is 0 Å². The molecule has 0 radical (unpaired) electrons. The highest BCUT2D eigenvalue weighted by molar-refractivity contribution is 5.94. The molecule has 5 aromatic rings. The third-order valence-electron chi connectivity index (χ3n) is 4.90. The van der Waals surface area contributed by atoms with E-state index in [0.717, 1.165) is 16.8 Å². The summed E-state index contributed by atoms with van der Waals surface area (Å²) in [6.45, 7) is 0.202. The van der Waals surface area contributed by atoms with Crippen LogP contribution in [0.1, 0.15) is 5.69 Å². The van der Waals surface area contributed by atoms with Gasteiger partial charge in [-0.25, -0.2) is 15.0 Å². The van der Waals surface area contributed by atoms with Crippen molar-refractivity contribution in [1.82, 2.24) is 39.7 Å². The van der Waals surface area contributed by atoms with E-state index in [1.807, 2.05) is 43.6 Å². The van der Waals surface area contributed by atoms with Crippen LogP contribution in [-0.2, 0) is 20.7 Å². The van der Waals surface area contributed by atoms with Gasteiger partial charge in [0.2, 0.25) is 0 Å². The van der Waals surface area contributed by atoms with Crippen molar-refractivity contribution in [3.05, 3.63) is 60.8 Å². The molecule has 0 amide bonds. The fourth-order valence-corrected chi connectivity index (χ4v) is 3.47. The largest absolute Gasteiger partial charge is 0.491 e. The van der Waals surface area contributed by atoms with Gasteiger partial charge in [-0.15, -0.1) is 5.10 Å². The van der Waals surface area contributed by atoms with Crippen LogP contribution in [0.2, 0.25) is 0 Å². The zero-order chi connectivity index (χ0) is 22.1. The van der Waals surface area contributed by atoms with Gasteiger partial charge in [0.05, 0.1) is 18.8 Å². The fraction of sp³-hybridized carbons (Fsp3) is 0.182. The molecule has 0 aliphatic heterocycles. The number of pyridine rings is 1. The molecular formula is C22H20N8O2. The van der Waals surface area contributed by atoms with Crippen LogP contribution in [-0.4, -0.2) is 46.8 Å². The SMILES string of the molecule is COc1cc2ncnc(-c3cn(C)nc3-c3ccccc3)c2nc1OCc1cn(C)nn1. The number of nitrogens with zero attached hydrogens (tertiary/aromatic N) is 8. The second-order valence-electron chi connectivity index (χ2n) is 7.19. The molecule has 5 rings (SSSR count). The Morgan fingerprint density at radius 1 is 0.969 bits per heavy atom. The van der Waals surface area contributed by atoms with Crippen molar-refractivity contribution in [3.63, 3.8) is 0 Å². The Labute approximate surface area is 183 Å². The highest BCUT2D eigenvalue weighted by atomic mass is 16.5. The summed E-state index contributed by atoms with van der Waals surface area (Å²) in [5.74, 6) is 0.798. The van der Waals surface area contributed by atoms with Crippen LogP contribution in [0.15, 0.2) is 55.1 Å². The molecule has 0 fully saturated rings. The third kappa shape index (κ3) is 3.62. The molecule has 0 unspecified atom stereocenters. The second kappa shape index (κ2) is 8.06. The Bertz CT molecular complexity index is 1390. The summed E-state index contributed by atoms with van der Waals surface area (Å²) in [5, 5.41) is 12.6. The number of rotatable bonds is 6. The van der Waals surface area contributed by atoms with Gasteiger partial charge >= 0.3 is 0 Å². The lowest BCUT2D eigenvalue weighted by Gasteiger charge is -2.11. The van der Waals surface area contributed by atoms with E-state index in [2.05, 4.69) is 25.4 Å². The lowest BCUT2D eigenvalue weighted by atomic mass is 10.0. The molecule has 0 N–H and O–H groups in total. The maximum absolute atomic E-state index is 5.92. The lowest BCUT2D eigenvalue weighted by molar-refractivity contribution is 0.270. The number of hydrogen-bond donors (Lipinski definition) is 0. The number of hydrogen-bond acceptors (Lipinski definition) is 8. The summed E-state index contributed by atoms with van der Waals surface area (Å²) in [4.78, 5) is 13.7. The normalized spacial score (nSPS) is 11.1. The Hall–Kier alpha value is -4.34. The Balaban J connectivity index is 1.62. The van der Waals surface area contributed by atoms with E-state index < -0.39 is 0 Å². The van der Waals surface area contributed by atoms with Crippen LogP contribution in [0.3, 0.4) is 0 Å². The van der Waals surface area contributed by atoms with Gasteiger partial charge in [-0.2, -0.15) is 5.10 Å². The molecule has 0 bridgehead atoms. The van der Waals surface area contributed by atoms with Gasteiger partial charge in [0, 0.05) is 37.5 Å². The first-order valence-corrected chi connectivity index (χ1v) is 9.89. The highest BCUT2D eigenvalue weighted by Gasteiger charge is 2.19. The maximum Gasteiger partial charge on any atom is 0.258 e.